The zero-order valence-electron chi connectivity index (χ0n) is 12.5. The lowest BCUT2D eigenvalue weighted by atomic mass is 9.94. The van der Waals surface area contributed by atoms with Crippen molar-refractivity contribution >= 4 is 0 Å². The van der Waals surface area contributed by atoms with Crippen LogP contribution in [-0.4, -0.2) is 16.3 Å². The van der Waals surface area contributed by atoms with Gasteiger partial charge in [-0.15, -0.1) is 0 Å². The molecular weight excluding hydrogens is 246 g/mol. The Labute approximate surface area is 121 Å². The fourth-order valence-electron chi connectivity index (χ4n) is 2.61. The van der Waals surface area contributed by atoms with Gasteiger partial charge in [0.15, 0.2) is 0 Å². The highest BCUT2D eigenvalue weighted by Gasteiger charge is 2.13. The number of rotatable bonds is 7. The number of aryl methyl sites for hydroxylation is 2. The first-order valence-corrected chi connectivity index (χ1v) is 7.56. The van der Waals surface area contributed by atoms with Gasteiger partial charge >= 0.3 is 0 Å². The number of hydrogen-bond donors (Lipinski definition) is 1. The van der Waals surface area contributed by atoms with Crippen molar-refractivity contribution in [2.24, 2.45) is 11.7 Å². The fraction of sp³-hybridized carbons (Fsp3) is 0.471. The van der Waals surface area contributed by atoms with Gasteiger partial charge in [-0.05, 0) is 50.3 Å². The first-order valence-electron chi connectivity index (χ1n) is 7.56. The van der Waals surface area contributed by atoms with Gasteiger partial charge in [0, 0.05) is 12.2 Å². The molecule has 0 spiro atoms. The molecule has 108 valence electrons. The maximum atomic E-state index is 5.97. The van der Waals surface area contributed by atoms with Crippen LogP contribution in [0.5, 0.6) is 0 Å². The van der Waals surface area contributed by atoms with Gasteiger partial charge in [0.25, 0.3) is 0 Å². The standard InChI is InChI=1S/C17H25N3/c1-3-16-12-17(20(4-2)19-16)11-15(13-18)10-14-8-6-5-7-9-14/h5-9,12,15H,3-4,10-11,13,18H2,1-2H3. The van der Waals surface area contributed by atoms with Gasteiger partial charge in [-0.25, -0.2) is 0 Å². The molecule has 2 N–H and O–H groups in total. The summed E-state index contributed by atoms with van der Waals surface area (Å²) < 4.78 is 2.12. The van der Waals surface area contributed by atoms with E-state index in [1.165, 1.54) is 17.0 Å². The maximum absolute atomic E-state index is 5.97. The molecule has 1 heterocycles. The normalized spacial score (nSPS) is 12.6. The number of aromatic nitrogens is 2. The molecule has 0 radical (unpaired) electrons. The van der Waals surface area contributed by atoms with Crippen LogP contribution in [0.15, 0.2) is 36.4 Å². The lowest BCUT2D eigenvalue weighted by Crippen LogP contribution is -2.21. The molecule has 0 aliphatic rings. The number of benzene rings is 1. The molecule has 0 bridgehead atoms. The number of nitrogens with two attached hydrogens (primary N) is 1. The van der Waals surface area contributed by atoms with Crippen LogP contribution >= 0.6 is 0 Å². The van der Waals surface area contributed by atoms with E-state index in [1.807, 2.05) is 0 Å². The zero-order valence-corrected chi connectivity index (χ0v) is 12.5. The molecule has 0 amide bonds. The molecule has 2 aromatic rings. The Morgan fingerprint density at radius 1 is 1.15 bits per heavy atom. The van der Waals surface area contributed by atoms with Crippen LogP contribution in [0, 0.1) is 5.92 Å². The minimum atomic E-state index is 0.476. The lowest BCUT2D eigenvalue weighted by Gasteiger charge is -2.15. The highest BCUT2D eigenvalue weighted by Crippen LogP contribution is 2.15. The lowest BCUT2D eigenvalue weighted by molar-refractivity contribution is 0.499. The summed E-state index contributed by atoms with van der Waals surface area (Å²) in [4.78, 5) is 0. The monoisotopic (exact) mass is 271 g/mol. The Bertz CT molecular complexity index is 516. The van der Waals surface area contributed by atoms with Crippen LogP contribution in [0.1, 0.15) is 30.8 Å². The third-order valence-corrected chi connectivity index (χ3v) is 3.77. The summed E-state index contributed by atoms with van der Waals surface area (Å²) in [6.45, 7) is 5.93. The molecule has 1 aromatic heterocycles. The minimum Gasteiger partial charge on any atom is -0.330 e. The maximum Gasteiger partial charge on any atom is 0.0624 e. The average Bonchev–Trinajstić information content (AvgIpc) is 2.89. The first-order chi connectivity index (χ1) is 9.76. The van der Waals surface area contributed by atoms with E-state index in [-0.39, 0.29) is 0 Å². The Balaban J connectivity index is 2.08. The van der Waals surface area contributed by atoms with E-state index in [1.54, 1.807) is 0 Å². The predicted molar refractivity (Wildman–Crippen MR) is 83.7 cm³/mol. The number of nitrogens with zero attached hydrogens (tertiary/aromatic N) is 2. The third kappa shape index (κ3) is 3.70. The molecule has 0 aliphatic heterocycles. The Kier molecular flexibility index (Phi) is 5.36. The molecule has 0 saturated carbocycles. The molecule has 0 fully saturated rings. The van der Waals surface area contributed by atoms with E-state index < -0.39 is 0 Å². The van der Waals surface area contributed by atoms with Crippen molar-refractivity contribution in [1.82, 2.24) is 9.78 Å². The predicted octanol–water partition coefficient (Wildman–Crippen LogP) is 2.83. The average molecular weight is 271 g/mol. The van der Waals surface area contributed by atoms with Crippen LogP contribution in [0.25, 0.3) is 0 Å². The largest absolute Gasteiger partial charge is 0.330 e. The summed E-state index contributed by atoms with van der Waals surface area (Å²) in [6.07, 6.45) is 3.03. The highest BCUT2D eigenvalue weighted by atomic mass is 15.3. The SMILES string of the molecule is CCc1cc(CC(CN)Cc2ccccc2)n(CC)n1. The number of hydrogen-bond acceptors (Lipinski definition) is 2. The van der Waals surface area contributed by atoms with E-state index in [4.69, 9.17) is 5.73 Å². The van der Waals surface area contributed by atoms with Crippen molar-refractivity contribution < 1.29 is 0 Å². The highest BCUT2D eigenvalue weighted by molar-refractivity contribution is 5.17. The van der Waals surface area contributed by atoms with E-state index in [0.717, 1.165) is 25.8 Å². The van der Waals surface area contributed by atoms with Gasteiger partial charge in [0.05, 0.1) is 5.69 Å². The summed E-state index contributed by atoms with van der Waals surface area (Å²) in [7, 11) is 0. The van der Waals surface area contributed by atoms with Gasteiger partial charge in [-0.1, -0.05) is 37.3 Å². The Morgan fingerprint density at radius 3 is 2.50 bits per heavy atom. The third-order valence-electron chi connectivity index (χ3n) is 3.77. The quantitative estimate of drug-likeness (QED) is 0.841. The minimum absolute atomic E-state index is 0.476. The van der Waals surface area contributed by atoms with Crippen molar-refractivity contribution in [3.63, 3.8) is 0 Å². The summed E-state index contributed by atoms with van der Waals surface area (Å²) in [5.41, 5.74) is 9.83. The van der Waals surface area contributed by atoms with Crippen molar-refractivity contribution in [3.05, 3.63) is 53.3 Å². The van der Waals surface area contributed by atoms with Gasteiger partial charge in [-0.3, -0.25) is 4.68 Å². The second kappa shape index (κ2) is 7.25. The van der Waals surface area contributed by atoms with Gasteiger partial charge < -0.3 is 5.73 Å². The van der Waals surface area contributed by atoms with Crippen LogP contribution in [-0.2, 0) is 25.8 Å². The van der Waals surface area contributed by atoms with Gasteiger partial charge in [-0.2, -0.15) is 5.10 Å². The van der Waals surface area contributed by atoms with Crippen LogP contribution in [0.2, 0.25) is 0 Å². The van der Waals surface area contributed by atoms with Crippen molar-refractivity contribution in [1.29, 1.82) is 0 Å². The van der Waals surface area contributed by atoms with Crippen molar-refractivity contribution in [3.8, 4) is 0 Å². The van der Waals surface area contributed by atoms with Gasteiger partial charge in [0.1, 0.15) is 0 Å². The molecule has 1 unspecified atom stereocenters. The smallest absolute Gasteiger partial charge is 0.0624 e. The van der Waals surface area contributed by atoms with E-state index in [0.29, 0.717) is 12.5 Å². The summed E-state index contributed by atoms with van der Waals surface area (Å²) in [5, 5.41) is 4.62. The summed E-state index contributed by atoms with van der Waals surface area (Å²) >= 11 is 0. The zero-order chi connectivity index (χ0) is 14.4. The molecule has 3 heteroatoms. The summed E-state index contributed by atoms with van der Waals surface area (Å²) in [6, 6.07) is 12.8. The fourth-order valence-corrected chi connectivity index (χ4v) is 2.61. The first kappa shape index (κ1) is 14.8. The summed E-state index contributed by atoms with van der Waals surface area (Å²) in [5.74, 6) is 0.476. The molecular formula is C17H25N3. The van der Waals surface area contributed by atoms with Crippen LogP contribution < -0.4 is 5.73 Å². The van der Waals surface area contributed by atoms with E-state index in [9.17, 15) is 0 Å². The molecule has 20 heavy (non-hydrogen) atoms. The molecule has 3 nitrogen and oxygen atoms in total. The topological polar surface area (TPSA) is 43.8 Å². The van der Waals surface area contributed by atoms with Crippen LogP contribution in [0.4, 0.5) is 0 Å². The Morgan fingerprint density at radius 2 is 1.90 bits per heavy atom. The second-order valence-corrected chi connectivity index (χ2v) is 5.29. The van der Waals surface area contributed by atoms with E-state index in [2.05, 4.69) is 60.0 Å². The second-order valence-electron chi connectivity index (χ2n) is 5.29. The van der Waals surface area contributed by atoms with Crippen molar-refractivity contribution in [2.75, 3.05) is 6.54 Å². The molecule has 1 atom stereocenters. The molecule has 0 aliphatic carbocycles. The van der Waals surface area contributed by atoms with Gasteiger partial charge in [0.2, 0.25) is 0 Å². The Hall–Kier alpha value is -1.61. The molecule has 0 saturated heterocycles. The van der Waals surface area contributed by atoms with E-state index >= 15 is 0 Å². The van der Waals surface area contributed by atoms with Crippen LogP contribution in [0.3, 0.4) is 0 Å². The molecule has 2 rings (SSSR count). The van der Waals surface area contributed by atoms with Crippen molar-refractivity contribution in [2.45, 2.75) is 39.7 Å². The molecule has 1 aromatic carbocycles.